The number of nitrogens with zero attached hydrogens (tertiary/aromatic N) is 3. The summed E-state index contributed by atoms with van der Waals surface area (Å²) in [6.45, 7) is 1.93. The summed E-state index contributed by atoms with van der Waals surface area (Å²) >= 11 is 8.39. The van der Waals surface area contributed by atoms with E-state index in [9.17, 15) is 18.8 Å². The van der Waals surface area contributed by atoms with Crippen molar-refractivity contribution >= 4 is 46.8 Å². The number of ether oxygens (including phenoxy) is 1. The lowest BCUT2D eigenvalue weighted by Gasteiger charge is -2.33. The van der Waals surface area contributed by atoms with Crippen LogP contribution >= 0.6 is 23.4 Å². The van der Waals surface area contributed by atoms with Gasteiger partial charge in [0.25, 0.3) is 5.91 Å². The molecule has 8 nitrogen and oxygen atoms in total. The predicted octanol–water partition coefficient (Wildman–Crippen LogP) is 5.45. The smallest absolute Gasteiger partial charge is 0.255 e. The molecule has 0 aliphatic carbocycles. The van der Waals surface area contributed by atoms with E-state index in [0.717, 1.165) is 42.0 Å². The van der Waals surface area contributed by atoms with Gasteiger partial charge >= 0.3 is 0 Å². The van der Waals surface area contributed by atoms with Crippen molar-refractivity contribution in [2.24, 2.45) is 0 Å². The lowest BCUT2D eigenvalue weighted by molar-refractivity contribution is -0.136. The Morgan fingerprint density at radius 2 is 1.88 bits per heavy atom. The maximum Gasteiger partial charge on any atom is 0.255 e. The molecule has 3 aliphatic rings. The zero-order valence-corrected chi connectivity index (χ0v) is 24.7. The van der Waals surface area contributed by atoms with E-state index in [1.165, 1.54) is 11.0 Å². The molecule has 2 fully saturated rings. The number of rotatable bonds is 7. The molecule has 3 heterocycles. The molecule has 11 heteroatoms. The molecule has 6 rings (SSSR count). The zero-order valence-electron chi connectivity index (χ0n) is 23.1. The molecule has 43 heavy (non-hydrogen) atoms. The van der Waals surface area contributed by atoms with Gasteiger partial charge in [0.2, 0.25) is 11.8 Å². The first-order valence-corrected chi connectivity index (χ1v) is 15.4. The molecule has 1 atom stereocenters. The number of hydrogen-bond donors (Lipinski definition) is 1. The highest BCUT2D eigenvalue weighted by Gasteiger charge is 2.40. The van der Waals surface area contributed by atoms with Crippen LogP contribution in [0.4, 0.5) is 10.1 Å². The number of fused-ring (bicyclic) bond motifs is 1. The monoisotopic (exact) mass is 618 g/mol. The molecule has 3 amide bonds. The van der Waals surface area contributed by atoms with E-state index in [4.69, 9.17) is 21.6 Å². The number of carbonyl (C=O) groups excluding carboxylic acids is 3. The summed E-state index contributed by atoms with van der Waals surface area (Å²) in [5.41, 5.74) is 2.95. The van der Waals surface area contributed by atoms with E-state index in [1.54, 1.807) is 36.0 Å². The van der Waals surface area contributed by atoms with Crippen LogP contribution in [0.1, 0.15) is 52.7 Å². The Kier molecular flexibility index (Phi) is 8.28. The minimum Gasteiger partial charge on any atom is -0.489 e. The quantitative estimate of drug-likeness (QED) is 0.351. The van der Waals surface area contributed by atoms with Crippen molar-refractivity contribution in [2.75, 3.05) is 18.0 Å². The fourth-order valence-electron chi connectivity index (χ4n) is 5.81. The summed E-state index contributed by atoms with van der Waals surface area (Å²) in [6, 6.07) is 17.0. The number of anilines is 1. The first-order valence-electron chi connectivity index (χ1n) is 14.1. The van der Waals surface area contributed by atoms with E-state index < -0.39 is 11.9 Å². The molecule has 220 valence electrons. The van der Waals surface area contributed by atoms with Crippen molar-refractivity contribution < 1.29 is 23.5 Å². The topological polar surface area (TPSA) is 103 Å². The van der Waals surface area contributed by atoms with Gasteiger partial charge < -0.3 is 14.5 Å². The number of nitrogens with one attached hydrogen (secondary N) is 1. The minimum absolute atomic E-state index is 0.201. The highest BCUT2D eigenvalue weighted by atomic mass is 35.5. The number of benzene rings is 3. The summed E-state index contributed by atoms with van der Waals surface area (Å²) in [5, 5.41) is 12.3. The Bertz CT molecular complexity index is 1650. The predicted molar refractivity (Wildman–Crippen MR) is 160 cm³/mol. The standard InChI is InChI=1S/C32H28ClFN4O4S/c33-24-14-20(5-8-29(24)43-21-10-12-37(13-11-21)26-6-4-19(16-35)15-25(26)34)18-42-28-3-1-2-22-23(28)17-38(32(22)41)27-7-9-30(39)36-31(27)40/h1-6,8,14-15,21,27H,7,9-13,17-18H2,(H,36,39,40)/t27-/m1/s1. The van der Waals surface area contributed by atoms with Gasteiger partial charge in [0.05, 0.1) is 28.9 Å². The fourth-order valence-corrected chi connectivity index (χ4v) is 7.27. The van der Waals surface area contributed by atoms with Gasteiger partial charge in [0.1, 0.15) is 24.2 Å². The maximum atomic E-state index is 14.5. The van der Waals surface area contributed by atoms with E-state index in [0.29, 0.717) is 39.3 Å². The van der Waals surface area contributed by atoms with Gasteiger partial charge in [-0.25, -0.2) is 4.39 Å². The second kappa shape index (κ2) is 12.3. The third kappa shape index (κ3) is 6.05. The zero-order chi connectivity index (χ0) is 30.1. The van der Waals surface area contributed by atoms with Crippen LogP contribution in [0.2, 0.25) is 5.02 Å². The van der Waals surface area contributed by atoms with Crippen molar-refractivity contribution in [3.05, 3.63) is 87.7 Å². The van der Waals surface area contributed by atoms with Gasteiger partial charge in [-0.2, -0.15) is 5.26 Å². The highest BCUT2D eigenvalue weighted by Crippen LogP contribution is 2.38. The Labute approximate surface area is 257 Å². The number of nitriles is 1. The van der Waals surface area contributed by atoms with Crippen LogP contribution in [0.3, 0.4) is 0 Å². The van der Waals surface area contributed by atoms with E-state index in [-0.39, 0.29) is 37.2 Å². The van der Waals surface area contributed by atoms with Gasteiger partial charge in [-0.3, -0.25) is 19.7 Å². The second-order valence-corrected chi connectivity index (χ2v) is 12.6. The summed E-state index contributed by atoms with van der Waals surface area (Å²) < 4.78 is 20.6. The van der Waals surface area contributed by atoms with Gasteiger partial charge in [-0.15, -0.1) is 11.8 Å². The molecular weight excluding hydrogens is 591 g/mol. The molecule has 2 saturated heterocycles. The molecule has 3 aromatic carbocycles. The third-order valence-corrected chi connectivity index (χ3v) is 9.92. The fraction of sp³-hybridized carbons (Fsp3) is 0.312. The molecular formula is C32H28ClFN4O4S. The van der Waals surface area contributed by atoms with Gasteiger partial charge in [0.15, 0.2) is 0 Å². The number of imide groups is 1. The second-order valence-electron chi connectivity index (χ2n) is 10.8. The molecule has 0 spiro atoms. The Hall–Kier alpha value is -4.07. The van der Waals surface area contributed by atoms with Gasteiger partial charge in [-0.05, 0) is 67.3 Å². The van der Waals surface area contributed by atoms with Crippen molar-refractivity contribution in [3.63, 3.8) is 0 Å². The number of amides is 3. The Morgan fingerprint density at radius 1 is 1.07 bits per heavy atom. The Balaban J connectivity index is 1.05. The number of halogens is 2. The highest BCUT2D eigenvalue weighted by molar-refractivity contribution is 8.00. The van der Waals surface area contributed by atoms with Crippen LogP contribution in [0, 0.1) is 17.1 Å². The SMILES string of the molecule is N#Cc1ccc(N2CCC(Sc3ccc(COc4cccc5c4CN([C@@H]4CCC(=O)NC4=O)C5=O)cc3Cl)CC2)c(F)c1. The molecule has 3 aromatic rings. The molecule has 1 N–H and O–H groups in total. The summed E-state index contributed by atoms with van der Waals surface area (Å²) in [6.07, 6.45) is 2.25. The molecule has 3 aliphatic heterocycles. The van der Waals surface area contributed by atoms with Crippen LogP contribution in [0.5, 0.6) is 5.75 Å². The van der Waals surface area contributed by atoms with Gasteiger partial charge in [0, 0.05) is 40.8 Å². The molecule has 0 aromatic heterocycles. The van der Waals surface area contributed by atoms with Crippen molar-refractivity contribution in [3.8, 4) is 11.8 Å². The van der Waals surface area contributed by atoms with Crippen molar-refractivity contribution in [2.45, 2.75) is 55.0 Å². The van der Waals surface area contributed by atoms with Crippen LogP contribution in [0.25, 0.3) is 0 Å². The minimum atomic E-state index is -0.682. The van der Waals surface area contributed by atoms with Crippen molar-refractivity contribution in [1.29, 1.82) is 5.26 Å². The van der Waals surface area contributed by atoms with Crippen molar-refractivity contribution in [1.82, 2.24) is 10.2 Å². The van der Waals surface area contributed by atoms with E-state index in [1.807, 2.05) is 35.2 Å². The maximum absolute atomic E-state index is 14.5. The van der Waals surface area contributed by atoms with Crippen LogP contribution in [-0.2, 0) is 22.7 Å². The number of piperidine rings is 2. The summed E-state index contributed by atoms with van der Waals surface area (Å²) in [7, 11) is 0. The Morgan fingerprint density at radius 3 is 2.60 bits per heavy atom. The molecule has 0 bridgehead atoms. The molecule has 0 radical (unpaired) electrons. The average molecular weight is 619 g/mol. The lowest BCUT2D eigenvalue weighted by atomic mass is 10.0. The van der Waals surface area contributed by atoms with Crippen LogP contribution in [-0.4, -0.2) is 47.0 Å². The first-order chi connectivity index (χ1) is 20.8. The number of carbonyl (C=O) groups is 3. The summed E-state index contributed by atoms with van der Waals surface area (Å²) in [5.74, 6) is -0.810. The van der Waals surface area contributed by atoms with E-state index >= 15 is 0 Å². The van der Waals surface area contributed by atoms with E-state index in [2.05, 4.69) is 5.32 Å². The summed E-state index contributed by atoms with van der Waals surface area (Å²) in [4.78, 5) is 41.5. The third-order valence-electron chi connectivity index (χ3n) is 8.08. The van der Waals surface area contributed by atoms with Crippen LogP contribution in [0.15, 0.2) is 59.5 Å². The number of thioether (sulfide) groups is 1. The normalized spacial score (nSPS) is 18.8. The van der Waals surface area contributed by atoms with Gasteiger partial charge in [-0.1, -0.05) is 23.7 Å². The average Bonchev–Trinajstić information content (AvgIpc) is 3.34. The first kappa shape index (κ1) is 29.0. The molecule has 0 unspecified atom stereocenters. The van der Waals surface area contributed by atoms with Crippen LogP contribution < -0.4 is 15.0 Å². The lowest BCUT2D eigenvalue weighted by Crippen LogP contribution is -2.52. The molecule has 0 saturated carbocycles. The largest absolute Gasteiger partial charge is 0.489 e. The number of hydrogen-bond acceptors (Lipinski definition) is 7.